The third kappa shape index (κ3) is 3.28. The van der Waals surface area contributed by atoms with E-state index < -0.39 is 0 Å². The van der Waals surface area contributed by atoms with E-state index in [1.54, 1.807) is 7.11 Å². The fourth-order valence-corrected chi connectivity index (χ4v) is 2.12. The SMILES string of the molecule is COCC1(NCC(C)C)CCCC1. The van der Waals surface area contributed by atoms with Crippen molar-refractivity contribution in [1.82, 2.24) is 5.32 Å². The number of hydrogen-bond acceptors (Lipinski definition) is 2. The molecule has 0 amide bonds. The minimum atomic E-state index is 0.305. The second-order valence-electron chi connectivity index (χ2n) is 4.70. The first-order chi connectivity index (χ1) is 6.18. The van der Waals surface area contributed by atoms with Gasteiger partial charge in [-0.1, -0.05) is 26.7 Å². The first kappa shape index (κ1) is 11.0. The largest absolute Gasteiger partial charge is 0.383 e. The van der Waals surface area contributed by atoms with Gasteiger partial charge in [-0.2, -0.15) is 0 Å². The topological polar surface area (TPSA) is 21.3 Å². The summed E-state index contributed by atoms with van der Waals surface area (Å²) in [6.45, 7) is 6.49. The Labute approximate surface area is 82.0 Å². The molecule has 1 saturated carbocycles. The third-order valence-electron chi connectivity index (χ3n) is 2.87. The molecule has 78 valence electrons. The summed E-state index contributed by atoms with van der Waals surface area (Å²) < 4.78 is 5.30. The van der Waals surface area contributed by atoms with Crippen molar-refractivity contribution >= 4 is 0 Å². The van der Waals surface area contributed by atoms with Crippen molar-refractivity contribution in [1.29, 1.82) is 0 Å². The van der Waals surface area contributed by atoms with Crippen molar-refractivity contribution in [2.75, 3.05) is 20.3 Å². The molecular weight excluding hydrogens is 162 g/mol. The van der Waals surface area contributed by atoms with Crippen LogP contribution in [0.25, 0.3) is 0 Å². The standard InChI is InChI=1S/C11H23NO/c1-10(2)8-12-11(9-13-3)6-4-5-7-11/h10,12H,4-9H2,1-3H3. The molecule has 0 unspecified atom stereocenters. The van der Waals surface area contributed by atoms with Crippen molar-refractivity contribution in [2.45, 2.75) is 45.1 Å². The number of methoxy groups -OCH3 is 1. The summed E-state index contributed by atoms with van der Waals surface area (Å²) in [5.41, 5.74) is 0.305. The van der Waals surface area contributed by atoms with Crippen LogP contribution in [0.2, 0.25) is 0 Å². The van der Waals surface area contributed by atoms with Crippen molar-refractivity contribution < 1.29 is 4.74 Å². The van der Waals surface area contributed by atoms with Crippen LogP contribution in [0.1, 0.15) is 39.5 Å². The molecule has 1 rings (SSSR count). The van der Waals surface area contributed by atoms with Crippen LogP contribution in [0.15, 0.2) is 0 Å². The molecule has 13 heavy (non-hydrogen) atoms. The molecule has 0 saturated heterocycles. The molecule has 0 bridgehead atoms. The highest BCUT2D eigenvalue weighted by Crippen LogP contribution is 2.29. The number of nitrogens with one attached hydrogen (secondary N) is 1. The lowest BCUT2D eigenvalue weighted by Gasteiger charge is -2.30. The molecule has 0 spiro atoms. The predicted molar refractivity (Wildman–Crippen MR) is 55.9 cm³/mol. The molecule has 0 heterocycles. The fourth-order valence-electron chi connectivity index (χ4n) is 2.12. The Morgan fingerprint density at radius 2 is 1.92 bits per heavy atom. The van der Waals surface area contributed by atoms with Crippen LogP contribution in [-0.2, 0) is 4.74 Å². The zero-order valence-electron chi connectivity index (χ0n) is 9.23. The number of hydrogen-bond donors (Lipinski definition) is 1. The average Bonchev–Trinajstić information content (AvgIpc) is 2.51. The maximum Gasteiger partial charge on any atom is 0.0644 e. The Morgan fingerprint density at radius 3 is 2.38 bits per heavy atom. The van der Waals surface area contributed by atoms with Gasteiger partial charge in [0.05, 0.1) is 6.61 Å². The quantitative estimate of drug-likeness (QED) is 0.709. The van der Waals surface area contributed by atoms with Crippen LogP contribution in [-0.4, -0.2) is 25.8 Å². The number of rotatable bonds is 5. The first-order valence-electron chi connectivity index (χ1n) is 5.42. The highest BCUT2D eigenvalue weighted by Gasteiger charge is 2.33. The zero-order valence-corrected chi connectivity index (χ0v) is 9.23. The van der Waals surface area contributed by atoms with Gasteiger partial charge in [0, 0.05) is 12.6 Å². The van der Waals surface area contributed by atoms with Crippen LogP contribution in [0.4, 0.5) is 0 Å². The smallest absolute Gasteiger partial charge is 0.0644 e. The normalized spacial score (nSPS) is 21.2. The molecule has 0 aromatic heterocycles. The van der Waals surface area contributed by atoms with Gasteiger partial charge in [0.1, 0.15) is 0 Å². The van der Waals surface area contributed by atoms with Gasteiger partial charge >= 0.3 is 0 Å². The second kappa shape index (κ2) is 4.97. The monoisotopic (exact) mass is 185 g/mol. The van der Waals surface area contributed by atoms with E-state index in [-0.39, 0.29) is 0 Å². The van der Waals surface area contributed by atoms with Crippen LogP contribution < -0.4 is 5.32 Å². The fraction of sp³-hybridized carbons (Fsp3) is 1.00. The molecule has 0 aromatic carbocycles. The summed E-state index contributed by atoms with van der Waals surface area (Å²) in [5, 5.41) is 3.67. The molecule has 0 radical (unpaired) electrons. The number of ether oxygens (including phenoxy) is 1. The van der Waals surface area contributed by atoms with E-state index in [0.29, 0.717) is 5.54 Å². The Morgan fingerprint density at radius 1 is 1.31 bits per heavy atom. The predicted octanol–water partition coefficient (Wildman–Crippen LogP) is 2.19. The van der Waals surface area contributed by atoms with Gasteiger partial charge < -0.3 is 10.1 Å². The van der Waals surface area contributed by atoms with Crippen LogP contribution in [0.3, 0.4) is 0 Å². The molecule has 0 aromatic rings. The molecule has 2 nitrogen and oxygen atoms in total. The van der Waals surface area contributed by atoms with Gasteiger partial charge in [-0.15, -0.1) is 0 Å². The van der Waals surface area contributed by atoms with Gasteiger partial charge in [-0.25, -0.2) is 0 Å². The lowest BCUT2D eigenvalue weighted by atomic mass is 9.98. The van der Waals surface area contributed by atoms with Gasteiger partial charge in [-0.05, 0) is 25.3 Å². The highest BCUT2D eigenvalue weighted by atomic mass is 16.5. The Balaban J connectivity index is 2.37. The molecule has 0 aliphatic heterocycles. The van der Waals surface area contributed by atoms with Crippen LogP contribution in [0.5, 0.6) is 0 Å². The minimum Gasteiger partial charge on any atom is -0.383 e. The summed E-state index contributed by atoms with van der Waals surface area (Å²) in [6, 6.07) is 0. The molecule has 1 N–H and O–H groups in total. The van der Waals surface area contributed by atoms with E-state index in [2.05, 4.69) is 19.2 Å². The van der Waals surface area contributed by atoms with E-state index in [1.807, 2.05) is 0 Å². The van der Waals surface area contributed by atoms with Gasteiger partial charge in [0.25, 0.3) is 0 Å². The zero-order chi connectivity index (χ0) is 9.73. The molecule has 1 aliphatic carbocycles. The average molecular weight is 185 g/mol. The second-order valence-corrected chi connectivity index (χ2v) is 4.70. The van der Waals surface area contributed by atoms with E-state index in [9.17, 15) is 0 Å². The highest BCUT2D eigenvalue weighted by molar-refractivity contribution is 4.92. The molecule has 1 fully saturated rings. The van der Waals surface area contributed by atoms with E-state index in [1.165, 1.54) is 25.7 Å². The summed E-state index contributed by atoms with van der Waals surface area (Å²) >= 11 is 0. The third-order valence-corrected chi connectivity index (χ3v) is 2.87. The van der Waals surface area contributed by atoms with Crippen LogP contribution in [0, 0.1) is 5.92 Å². The molecule has 2 heteroatoms. The summed E-state index contributed by atoms with van der Waals surface area (Å²) in [6.07, 6.45) is 5.28. The van der Waals surface area contributed by atoms with Crippen molar-refractivity contribution in [3.63, 3.8) is 0 Å². The maximum absolute atomic E-state index is 5.30. The minimum absolute atomic E-state index is 0.305. The molecule has 1 aliphatic rings. The lowest BCUT2D eigenvalue weighted by molar-refractivity contribution is 0.109. The van der Waals surface area contributed by atoms with E-state index >= 15 is 0 Å². The summed E-state index contributed by atoms with van der Waals surface area (Å²) in [4.78, 5) is 0. The molecular formula is C11H23NO. The van der Waals surface area contributed by atoms with Gasteiger partial charge in [0.2, 0.25) is 0 Å². The van der Waals surface area contributed by atoms with Gasteiger partial charge in [0.15, 0.2) is 0 Å². The van der Waals surface area contributed by atoms with Crippen LogP contribution >= 0.6 is 0 Å². The Bertz CT molecular complexity index is 139. The van der Waals surface area contributed by atoms with Crippen molar-refractivity contribution in [3.8, 4) is 0 Å². The van der Waals surface area contributed by atoms with Gasteiger partial charge in [-0.3, -0.25) is 0 Å². The van der Waals surface area contributed by atoms with Crippen molar-refractivity contribution in [3.05, 3.63) is 0 Å². The first-order valence-corrected chi connectivity index (χ1v) is 5.42. The lowest BCUT2D eigenvalue weighted by Crippen LogP contribution is -2.48. The van der Waals surface area contributed by atoms with E-state index in [4.69, 9.17) is 4.74 Å². The Kier molecular flexibility index (Phi) is 4.20. The molecule has 0 atom stereocenters. The van der Waals surface area contributed by atoms with Crippen molar-refractivity contribution in [2.24, 2.45) is 5.92 Å². The Hall–Kier alpha value is -0.0800. The van der Waals surface area contributed by atoms with E-state index in [0.717, 1.165) is 19.1 Å². The maximum atomic E-state index is 5.30. The summed E-state index contributed by atoms with van der Waals surface area (Å²) in [5.74, 6) is 0.731. The summed E-state index contributed by atoms with van der Waals surface area (Å²) in [7, 11) is 1.80.